The minimum atomic E-state index is -0.695. The molecule has 0 radical (unpaired) electrons. The Kier molecular flexibility index (Phi) is 3.97. The van der Waals surface area contributed by atoms with Crippen LogP contribution in [0, 0.1) is 11.6 Å². The smallest absolute Gasteiger partial charge is 0.336 e. The van der Waals surface area contributed by atoms with Gasteiger partial charge in [0.2, 0.25) is 0 Å². The van der Waals surface area contributed by atoms with Gasteiger partial charge in [-0.05, 0) is 29.8 Å². The Morgan fingerprint density at radius 3 is 2.57 bits per heavy atom. The first-order chi connectivity index (χ1) is 11.1. The summed E-state index contributed by atoms with van der Waals surface area (Å²) in [5.74, 6) is -0.844. The maximum atomic E-state index is 13.6. The zero-order valence-corrected chi connectivity index (χ0v) is 12.2. The van der Waals surface area contributed by atoms with Crippen LogP contribution in [0.25, 0.3) is 11.0 Å². The molecule has 3 aromatic rings. The van der Waals surface area contributed by atoms with E-state index in [1.807, 2.05) is 0 Å². The van der Waals surface area contributed by atoms with E-state index < -0.39 is 17.3 Å². The summed E-state index contributed by atoms with van der Waals surface area (Å²) in [6.45, 7) is 0.0757. The number of anilines is 1. The van der Waals surface area contributed by atoms with Crippen LogP contribution in [0.15, 0.2) is 51.7 Å². The van der Waals surface area contributed by atoms with Gasteiger partial charge < -0.3 is 14.5 Å². The number of para-hydroxylation sites is 1. The molecule has 0 aliphatic heterocycles. The topological polar surface area (TPSA) is 51.5 Å². The zero-order chi connectivity index (χ0) is 16.4. The van der Waals surface area contributed by atoms with Gasteiger partial charge in [0.1, 0.15) is 28.7 Å². The van der Waals surface area contributed by atoms with Crippen LogP contribution in [0.3, 0.4) is 0 Å². The molecule has 23 heavy (non-hydrogen) atoms. The van der Waals surface area contributed by atoms with Gasteiger partial charge in [-0.2, -0.15) is 0 Å². The Balaban J connectivity index is 1.98. The normalized spacial score (nSPS) is 10.7. The highest BCUT2D eigenvalue weighted by Gasteiger charge is 2.11. The molecule has 0 unspecified atom stereocenters. The van der Waals surface area contributed by atoms with E-state index in [1.165, 1.54) is 19.2 Å². The Bertz CT molecular complexity index is 901. The number of benzene rings is 2. The van der Waals surface area contributed by atoms with E-state index in [9.17, 15) is 13.6 Å². The quantitative estimate of drug-likeness (QED) is 0.746. The molecule has 0 saturated heterocycles. The van der Waals surface area contributed by atoms with Crippen LogP contribution < -0.4 is 15.7 Å². The van der Waals surface area contributed by atoms with Crippen molar-refractivity contribution in [1.82, 2.24) is 0 Å². The summed E-state index contributed by atoms with van der Waals surface area (Å²) in [4.78, 5) is 11.7. The highest BCUT2D eigenvalue weighted by atomic mass is 19.1. The van der Waals surface area contributed by atoms with Crippen molar-refractivity contribution < 1.29 is 17.9 Å². The largest absolute Gasteiger partial charge is 0.497 e. The van der Waals surface area contributed by atoms with Crippen molar-refractivity contribution in [2.75, 3.05) is 12.4 Å². The number of hydrogen-bond donors (Lipinski definition) is 1. The highest BCUT2D eigenvalue weighted by Crippen LogP contribution is 2.24. The Morgan fingerprint density at radius 1 is 1.13 bits per heavy atom. The number of hydrogen-bond acceptors (Lipinski definition) is 4. The molecule has 2 aromatic carbocycles. The van der Waals surface area contributed by atoms with Gasteiger partial charge in [-0.25, -0.2) is 13.6 Å². The highest BCUT2D eigenvalue weighted by molar-refractivity contribution is 5.81. The van der Waals surface area contributed by atoms with Crippen molar-refractivity contribution in [1.29, 1.82) is 0 Å². The van der Waals surface area contributed by atoms with Crippen molar-refractivity contribution in [2.24, 2.45) is 0 Å². The zero-order valence-electron chi connectivity index (χ0n) is 12.2. The van der Waals surface area contributed by atoms with E-state index in [2.05, 4.69) is 5.32 Å². The summed E-state index contributed by atoms with van der Waals surface area (Å²) in [6, 6.07) is 9.93. The Labute approximate surface area is 130 Å². The lowest BCUT2D eigenvalue weighted by Gasteiger charge is -2.10. The van der Waals surface area contributed by atoms with Gasteiger partial charge in [0, 0.05) is 24.1 Å². The van der Waals surface area contributed by atoms with Crippen LogP contribution in [-0.2, 0) is 6.54 Å². The Morgan fingerprint density at radius 2 is 1.87 bits per heavy atom. The molecule has 0 aliphatic carbocycles. The molecule has 0 fully saturated rings. The molecule has 3 rings (SSSR count). The third-order valence-electron chi connectivity index (χ3n) is 3.46. The van der Waals surface area contributed by atoms with Gasteiger partial charge in [0.05, 0.1) is 7.11 Å². The summed E-state index contributed by atoms with van der Waals surface area (Å²) in [7, 11) is 1.51. The minimum absolute atomic E-state index is 0.0757. The summed E-state index contributed by atoms with van der Waals surface area (Å²) < 4.78 is 37.5. The first-order valence-corrected chi connectivity index (χ1v) is 6.87. The molecule has 0 atom stereocenters. The number of nitrogens with one attached hydrogen (secondary N) is 1. The number of ether oxygens (including phenoxy) is 1. The first kappa shape index (κ1) is 15.0. The van der Waals surface area contributed by atoms with Crippen LogP contribution in [0.2, 0.25) is 0 Å². The average Bonchev–Trinajstić information content (AvgIpc) is 2.53. The van der Waals surface area contributed by atoms with Gasteiger partial charge in [-0.1, -0.05) is 6.07 Å². The molecule has 118 valence electrons. The number of halogens is 2. The molecular weight excluding hydrogens is 304 g/mol. The maximum Gasteiger partial charge on any atom is 0.336 e. The van der Waals surface area contributed by atoms with Crippen molar-refractivity contribution in [3.63, 3.8) is 0 Å². The van der Waals surface area contributed by atoms with Crippen molar-refractivity contribution in [2.45, 2.75) is 6.54 Å². The second-order valence-corrected chi connectivity index (χ2v) is 4.90. The molecule has 0 saturated carbocycles. The van der Waals surface area contributed by atoms with Crippen LogP contribution >= 0.6 is 0 Å². The molecule has 0 spiro atoms. The summed E-state index contributed by atoms with van der Waals surface area (Å²) in [6.07, 6.45) is 0. The molecular formula is C17H13F2NO3. The van der Waals surface area contributed by atoms with Crippen molar-refractivity contribution in [3.8, 4) is 5.75 Å². The van der Waals surface area contributed by atoms with Crippen LogP contribution in [0.5, 0.6) is 5.75 Å². The molecule has 1 heterocycles. The van der Waals surface area contributed by atoms with E-state index in [4.69, 9.17) is 9.15 Å². The van der Waals surface area contributed by atoms with E-state index in [1.54, 1.807) is 18.2 Å². The number of fused-ring (bicyclic) bond motifs is 1. The van der Waals surface area contributed by atoms with Crippen LogP contribution in [-0.4, -0.2) is 7.11 Å². The maximum absolute atomic E-state index is 13.6. The lowest BCUT2D eigenvalue weighted by Crippen LogP contribution is -2.08. The average molecular weight is 317 g/mol. The predicted molar refractivity (Wildman–Crippen MR) is 82.7 cm³/mol. The van der Waals surface area contributed by atoms with E-state index in [0.29, 0.717) is 22.3 Å². The second-order valence-electron chi connectivity index (χ2n) is 4.90. The van der Waals surface area contributed by atoms with E-state index in [0.717, 1.165) is 12.1 Å². The fourth-order valence-corrected chi connectivity index (χ4v) is 2.33. The fraction of sp³-hybridized carbons (Fsp3) is 0.118. The molecule has 0 amide bonds. The molecule has 1 aromatic heterocycles. The lowest BCUT2D eigenvalue weighted by atomic mass is 10.1. The standard InChI is InChI=1S/C17H13F2NO3/c1-22-11-5-6-12-10(7-16(21)23-15(12)8-11)9-20-17-13(18)3-2-4-14(17)19/h2-8,20H,9H2,1H3. The van der Waals surface area contributed by atoms with Crippen molar-refractivity contribution in [3.05, 3.63) is 70.1 Å². The van der Waals surface area contributed by atoms with Gasteiger partial charge in [0.25, 0.3) is 0 Å². The summed E-state index contributed by atoms with van der Waals surface area (Å²) >= 11 is 0. The van der Waals surface area contributed by atoms with Gasteiger partial charge in [-0.3, -0.25) is 0 Å². The predicted octanol–water partition coefficient (Wildman–Crippen LogP) is 3.69. The SMILES string of the molecule is COc1ccc2c(CNc3c(F)cccc3F)cc(=O)oc2c1. The third-order valence-corrected chi connectivity index (χ3v) is 3.46. The third kappa shape index (κ3) is 3.01. The fourth-order valence-electron chi connectivity index (χ4n) is 2.33. The second kappa shape index (κ2) is 6.08. The van der Waals surface area contributed by atoms with Crippen molar-refractivity contribution >= 4 is 16.7 Å². The van der Waals surface area contributed by atoms with Crippen LogP contribution in [0.1, 0.15) is 5.56 Å². The number of rotatable bonds is 4. The minimum Gasteiger partial charge on any atom is -0.497 e. The summed E-state index contributed by atoms with van der Waals surface area (Å²) in [5, 5.41) is 3.35. The van der Waals surface area contributed by atoms with Crippen LogP contribution in [0.4, 0.5) is 14.5 Å². The monoisotopic (exact) mass is 317 g/mol. The van der Waals surface area contributed by atoms with E-state index >= 15 is 0 Å². The van der Waals surface area contributed by atoms with Gasteiger partial charge >= 0.3 is 5.63 Å². The van der Waals surface area contributed by atoms with E-state index in [-0.39, 0.29) is 12.2 Å². The first-order valence-electron chi connectivity index (χ1n) is 6.87. The Hall–Kier alpha value is -2.89. The van der Waals surface area contributed by atoms with Gasteiger partial charge in [-0.15, -0.1) is 0 Å². The lowest BCUT2D eigenvalue weighted by molar-refractivity contribution is 0.414. The summed E-state index contributed by atoms with van der Waals surface area (Å²) in [5.41, 5.74) is 0.142. The molecule has 0 bridgehead atoms. The molecule has 0 aliphatic rings. The molecule has 1 N–H and O–H groups in total. The molecule has 4 nitrogen and oxygen atoms in total. The van der Waals surface area contributed by atoms with Gasteiger partial charge in [0.15, 0.2) is 0 Å². The number of methoxy groups -OCH3 is 1. The molecule has 6 heteroatoms.